The summed E-state index contributed by atoms with van der Waals surface area (Å²) >= 11 is 0. The standard InChI is InChI=1S/C16H26N2O/c1-16(2,3)18-10-9-17(15(12-18)13-19)11-14-7-5-4-6-8-14/h4-8,15,19H,9-13H2,1-3H3. The quantitative estimate of drug-likeness (QED) is 0.902. The Morgan fingerprint density at radius 3 is 2.42 bits per heavy atom. The van der Waals surface area contributed by atoms with Crippen LogP contribution in [-0.2, 0) is 6.54 Å². The third-order valence-corrected chi connectivity index (χ3v) is 3.99. The molecule has 0 bridgehead atoms. The number of piperazine rings is 1. The van der Waals surface area contributed by atoms with E-state index in [4.69, 9.17) is 0 Å². The van der Waals surface area contributed by atoms with Gasteiger partial charge in [-0.05, 0) is 26.3 Å². The van der Waals surface area contributed by atoms with Gasteiger partial charge in [0, 0.05) is 37.8 Å². The molecule has 1 fully saturated rings. The molecule has 3 heteroatoms. The van der Waals surface area contributed by atoms with Crippen molar-refractivity contribution in [2.75, 3.05) is 26.2 Å². The molecule has 0 saturated carbocycles. The molecule has 2 rings (SSSR count). The summed E-state index contributed by atoms with van der Waals surface area (Å²) in [4.78, 5) is 4.87. The maximum atomic E-state index is 9.65. The third-order valence-electron chi connectivity index (χ3n) is 3.99. The van der Waals surface area contributed by atoms with Crippen molar-refractivity contribution in [3.05, 3.63) is 35.9 Å². The van der Waals surface area contributed by atoms with Gasteiger partial charge in [0.2, 0.25) is 0 Å². The van der Waals surface area contributed by atoms with Gasteiger partial charge >= 0.3 is 0 Å². The van der Waals surface area contributed by atoms with Gasteiger partial charge in [-0.25, -0.2) is 0 Å². The maximum Gasteiger partial charge on any atom is 0.0599 e. The molecule has 1 unspecified atom stereocenters. The van der Waals surface area contributed by atoms with Crippen molar-refractivity contribution in [3.8, 4) is 0 Å². The van der Waals surface area contributed by atoms with Crippen LogP contribution in [0.25, 0.3) is 0 Å². The zero-order valence-electron chi connectivity index (χ0n) is 12.3. The Balaban J connectivity index is 2.00. The summed E-state index contributed by atoms with van der Waals surface area (Å²) in [5, 5.41) is 9.65. The molecule has 0 amide bonds. The summed E-state index contributed by atoms with van der Waals surface area (Å²) < 4.78 is 0. The third kappa shape index (κ3) is 3.78. The second kappa shape index (κ2) is 6.04. The van der Waals surface area contributed by atoms with Crippen LogP contribution in [0.2, 0.25) is 0 Å². The normalized spacial score (nSPS) is 22.6. The van der Waals surface area contributed by atoms with E-state index >= 15 is 0 Å². The highest BCUT2D eigenvalue weighted by Crippen LogP contribution is 2.20. The highest BCUT2D eigenvalue weighted by molar-refractivity contribution is 5.14. The fourth-order valence-corrected chi connectivity index (χ4v) is 2.70. The Kier molecular flexibility index (Phi) is 4.61. The fraction of sp³-hybridized carbons (Fsp3) is 0.625. The van der Waals surface area contributed by atoms with E-state index in [2.05, 4.69) is 54.8 Å². The molecule has 1 aliphatic heterocycles. The van der Waals surface area contributed by atoms with Crippen molar-refractivity contribution in [2.24, 2.45) is 0 Å². The minimum Gasteiger partial charge on any atom is -0.395 e. The van der Waals surface area contributed by atoms with Gasteiger partial charge in [0.25, 0.3) is 0 Å². The van der Waals surface area contributed by atoms with E-state index in [0.29, 0.717) is 0 Å². The Labute approximate surface area is 116 Å². The smallest absolute Gasteiger partial charge is 0.0599 e. The number of benzene rings is 1. The monoisotopic (exact) mass is 262 g/mol. The van der Waals surface area contributed by atoms with Crippen LogP contribution < -0.4 is 0 Å². The average Bonchev–Trinajstić information content (AvgIpc) is 2.39. The molecule has 3 nitrogen and oxygen atoms in total. The molecule has 1 saturated heterocycles. The number of aliphatic hydroxyl groups excluding tert-OH is 1. The lowest BCUT2D eigenvalue weighted by molar-refractivity contribution is -0.00329. The summed E-state index contributed by atoms with van der Waals surface area (Å²) in [6.07, 6.45) is 0. The number of nitrogens with zero attached hydrogens (tertiary/aromatic N) is 2. The minimum atomic E-state index is 0.187. The first-order valence-electron chi connectivity index (χ1n) is 7.14. The molecular weight excluding hydrogens is 236 g/mol. The van der Waals surface area contributed by atoms with Gasteiger partial charge in [0.1, 0.15) is 0 Å². The SMILES string of the molecule is CC(C)(C)N1CCN(Cc2ccccc2)C(CO)C1. The van der Waals surface area contributed by atoms with Crippen molar-refractivity contribution in [1.82, 2.24) is 9.80 Å². The first-order valence-corrected chi connectivity index (χ1v) is 7.14. The number of aliphatic hydroxyl groups is 1. The molecule has 1 atom stereocenters. The Hall–Kier alpha value is -0.900. The van der Waals surface area contributed by atoms with E-state index in [9.17, 15) is 5.11 Å². The van der Waals surface area contributed by atoms with Gasteiger partial charge in [0.15, 0.2) is 0 Å². The summed E-state index contributed by atoms with van der Waals surface area (Å²) in [6, 6.07) is 10.8. The molecule has 1 heterocycles. The van der Waals surface area contributed by atoms with E-state index in [0.717, 1.165) is 26.2 Å². The van der Waals surface area contributed by atoms with Crippen molar-refractivity contribution in [1.29, 1.82) is 0 Å². The first-order chi connectivity index (χ1) is 9.00. The van der Waals surface area contributed by atoms with Gasteiger partial charge in [-0.2, -0.15) is 0 Å². The predicted molar refractivity (Wildman–Crippen MR) is 79.1 cm³/mol. The van der Waals surface area contributed by atoms with Gasteiger partial charge in [-0.3, -0.25) is 9.80 Å². The average molecular weight is 262 g/mol. The van der Waals surface area contributed by atoms with E-state index < -0.39 is 0 Å². The van der Waals surface area contributed by atoms with Crippen molar-refractivity contribution in [3.63, 3.8) is 0 Å². The zero-order valence-corrected chi connectivity index (χ0v) is 12.3. The lowest BCUT2D eigenvalue weighted by Gasteiger charge is -2.46. The maximum absolute atomic E-state index is 9.65. The molecule has 106 valence electrons. The van der Waals surface area contributed by atoms with E-state index in [1.54, 1.807) is 0 Å². The van der Waals surface area contributed by atoms with Crippen LogP contribution in [0.5, 0.6) is 0 Å². The van der Waals surface area contributed by atoms with Crippen molar-refractivity contribution in [2.45, 2.75) is 38.9 Å². The summed E-state index contributed by atoms with van der Waals surface area (Å²) in [5.74, 6) is 0. The van der Waals surface area contributed by atoms with Crippen LogP contribution in [0, 0.1) is 0 Å². The van der Waals surface area contributed by atoms with Gasteiger partial charge in [-0.1, -0.05) is 30.3 Å². The Morgan fingerprint density at radius 2 is 1.84 bits per heavy atom. The molecule has 1 aliphatic rings. The summed E-state index contributed by atoms with van der Waals surface area (Å²) in [5.41, 5.74) is 1.51. The van der Waals surface area contributed by atoms with E-state index in [-0.39, 0.29) is 18.2 Å². The molecule has 0 aromatic heterocycles. The largest absolute Gasteiger partial charge is 0.395 e. The molecule has 0 aliphatic carbocycles. The molecule has 1 aromatic carbocycles. The first kappa shape index (κ1) is 14.5. The van der Waals surface area contributed by atoms with E-state index in [1.807, 2.05) is 6.07 Å². The highest BCUT2D eigenvalue weighted by atomic mass is 16.3. The number of hydrogen-bond donors (Lipinski definition) is 1. The summed E-state index contributed by atoms with van der Waals surface area (Å²) in [7, 11) is 0. The van der Waals surface area contributed by atoms with Crippen LogP contribution in [0.15, 0.2) is 30.3 Å². The Bertz CT molecular complexity index is 385. The van der Waals surface area contributed by atoms with Gasteiger partial charge < -0.3 is 5.11 Å². The predicted octanol–water partition coefficient (Wildman–Crippen LogP) is 1.96. The Morgan fingerprint density at radius 1 is 1.16 bits per heavy atom. The molecular formula is C16H26N2O. The molecule has 1 aromatic rings. The highest BCUT2D eigenvalue weighted by Gasteiger charge is 2.31. The van der Waals surface area contributed by atoms with Crippen LogP contribution in [-0.4, -0.2) is 52.7 Å². The van der Waals surface area contributed by atoms with Crippen molar-refractivity contribution < 1.29 is 5.11 Å². The summed E-state index contributed by atoms with van der Waals surface area (Å²) in [6.45, 7) is 11.0. The molecule has 1 N–H and O–H groups in total. The van der Waals surface area contributed by atoms with Crippen LogP contribution in [0.1, 0.15) is 26.3 Å². The van der Waals surface area contributed by atoms with Gasteiger partial charge in [-0.15, -0.1) is 0 Å². The molecule has 19 heavy (non-hydrogen) atoms. The lowest BCUT2D eigenvalue weighted by atomic mass is 10.0. The molecule has 0 spiro atoms. The fourth-order valence-electron chi connectivity index (χ4n) is 2.70. The number of rotatable bonds is 3. The van der Waals surface area contributed by atoms with Crippen molar-refractivity contribution >= 4 is 0 Å². The molecule has 0 radical (unpaired) electrons. The van der Waals surface area contributed by atoms with Crippen LogP contribution in [0.4, 0.5) is 0 Å². The number of hydrogen-bond acceptors (Lipinski definition) is 3. The van der Waals surface area contributed by atoms with Crippen LogP contribution in [0.3, 0.4) is 0 Å². The lowest BCUT2D eigenvalue weighted by Crippen LogP contribution is -2.58. The van der Waals surface area contributed by atoms with Crippen LogP contribution >= 0.6 is 0 Å². The zero-order chi connectivity index (χ0) is 13.9. The topological polar surface area (TPSA) is 26.7 Å². The second-order valence-corrected chi connectivity index (χ2v) is 6.41. The second-order valence-electron chi connectivity index (χ2n) is 6.41. The van der Waals surface area contributed by atoms with E-state index in [1.165, 1.54) is 5.56 Å². The minimum absolute atomic E-state index is 0.187. The van der Waals surface area contributed by atoms with Gasteiger partial charge in [0.05, 0.1) is 6.61 Å².